The molecule has 0 atom stereocenters. The minimum absolute atomic E-state index is 0.181. The highest BCUT2D eigenvalue weighted by atomic mass is 32.1. The predicted molar refractivity (Wildman–Crippen MR) is 97.9 cm³/mol. The van der Waals surface area contributed by atoms with Gasteiger partial charge in [0.25, 0.3) is 0 Å². The molecular weight excluding hydrogens is 272 g/mol. The van der Waals surface area contributed by atoms with Gasteiger partial charge in [-0.15, -0.1) is 11.3 Å². The van der Waals surface area contributed by atoms with Crippen molar-refractivity contribution < 1.29 is 0 Å². The second-order valence-corrected chi connectivity index (χ2v) is 10.4. The molecule has 0 amide bonds. The molecule has 0 radical (unpaired) electrons. The van der Waals surface area contributed by atoms with Crippen molar-refractivity contribution in [2.75, 3.05) is 0 Å². The van der Waals surface area contributed by atoms with Gasteiger partial charge in [0.05, 0.1) is 0 Å². The van der Waals surface area contributed by atoms with E-state index in [0.717, 1.165) is 0 Å². The lowest BCUT2D eigenvalue weighted by Crippen LogP contribution is -2.21. The van der Waals surface area contributed by atoms with Gasteiger partial charge in [0, 0.05) is 9.58 Å². The van der Waals surface area contributed by atoms with Crippen LogP contribution in [0.5, 0.6) is 0 Å². The van der Waals surface area contributed by atoms with E-state index in [9.17, 15) is 0 Å². The number of hydrogen-bond donors (Lipinski definition) is 0. The summed E-state index contributed by atoms with van der Waals surface area (Å²) in [4.78, 5) is 1.48. The van der Waals surface area contributed by atoms with Crippen LogP contribution in [0.2, 0.25) is 0 Å². The molecule has 1 aromatic carbocycles. The Labute approximate surface area is 134 Å². The van der Waals surface area contributed by atoms with Crippen molar-refractivity contribution in [1.82, 2.24) is 0 Å². The molecule has 2 aromatic rings. The van der Waals surface area contributed by atoms with Gasteiger partial charge in [0.15, 0.2) is 0 Å². The zero-order valence-corrected chi connectivity index (χ0v) is 16.0. The van der Waals surface area contributed by atoms with E-state index in [-0.39, 0.29) is 16.2 Å². The summed E-state index contributed by atoms with van der Waals surface area (Å²) in [5.74, 6) is 0. The van der Waals surface area contributed by atoms with E-state index >= 15 is 0 Å². The lowest BCUT2D eigenvalue weighted by atomic mass is 9.75. The highest BCUT2D eigenvalue weighted by molar-refractivity contribution is 7.19. The van der Waals surface area contributed by atoms with Crippen LogP contribution in [-0.2, 0) is 16.2 Å². The highest BCUT2D eigenvalue weighted by Gasteiger charge is 2.26. The van der Waals surface area contributed by atoms with Crippen molar-refractivity contribution in [2.24, 2.45) is 0 Å². The van der Waals surface area contributed by atoms with Crippen molar-refractivity contribution >= 4 is 21.4 Å². The van der Waals surface area contributed by atoms with Gasteiger partial charge >= 0.3 is 0 Å². The molecule has 0 saturated heterocycles. The van der Waals surface area contributed by atoms with Gasteiger partial charge in [-0.2, -0.15) is 0 Å². The molecule has 0 spiro atoms. The zero-order valence-electron chi connectivity index (χ0n) is 15.1. The third kappa shape index (κ3) is 3.34. The fourth-order valence-electron chi connectivity index (χ4n) is 2.70. The van der Waals surface area contributed by atoms with Gasteiger partial charge in [-0.25, -0.2) is 0 Å². The summed E-state index contributed by atoms with van der Waals surface area (Å²) in [6.45, 7) is 20.8. The van der Waals surface area contributed by atoms with E-state index in [1.807, 2.05) is 11.3 Å². The van der Waals surface area contributed by atoms with Gasteiger partial charge in [-0.05, 0) is 51.0 Å². The fourth-order valence-corrected chi connectivity index (χ4v) is 3.84. The molecule has 1 heteroatoms. The minimum Gasteiger partial charge on any atom is -0.140 e. The lowest BCUT2D eigenvalue weighted by molar-refractivity contribution is 0.531. The van der Waals surface area contributed by atoms with E-state index in [1.54, 1.807) is 0 Å². The summed E-state index contributed by atoms with van der Waals surface area (Å²) < 4.78 is 1.43. The minimum atomic E-state index is 0.181. The summed E-state index contributed by atoms with van der Waals surface area (Å²) in [6, 6.07) is 7.26. The van der Waals surface area contributed by atoms with Gasteiger partial charge in [0.2, 0.25) is 0 Å². The molecule has 0 aliphatic heterocycles. The summed E-state index contributed by atoms with van der Waals surface area (Å²) in [5, 5.41) is 1.41. The number of hydrogen-bond acceptors (Lipinski definition) is 1. The fraction of sp³-hybridized carbons (Fsp3) is 0.600. The van der Waals surface area contributed by atoms with E-state index in [1.165, 1.54) is 26.1 Å². The topological polar surface area (TPSA) is 0 Å². The molecule has 2 rings (SSSR count). The molecule has 0 aliphatic rings. The van der Waals surface area contributed by atoms with Crippen LogP contribution in [0.1, 0.15) is 78.3 Å². The lowest BCUT2D eigenvalue weighted by Gasteiger charge is -2.30. The number of benzene rings is 1. The molecule has 1 aromatic heterocycles. The summed E-state index contributed by atoms with van der Waals surface area (Å²) in [7, 11) is 0. The zero-order chi connectivity index (χ0) is 16.2. The normalized spacial score (nSPS) is 14.0. The molecule has 0 bridgehead atoms. The van der Waals surface area contributed by atoms with Crippen molar-refractivity contribution in [2.45, 2.75) is 78.6 Å². The van der Waals surface area contributed by atoms with Crippen LogP contribution in [-0.4, -0.2) is 0 Å². The molecular formula is C20H30S. The Morgan fingerprint density at radius 1 is 0.619 bits per heavy atom. The number of rotatable bonds is 0. The molecule has 0 nitrogen and oxygen atoms in total. The first kappa shape index (κ1) is 16.5. The first-order chi connectivity index (χ1) is 9.30. The molecule has 1 heterocycles. The van der Waals surface area contributed by atoms with E-state index < -0.39 is 0 Å². The van der Waals surface area contributed by atoms with E-state index in [0.29, 0.717) is 0 Å². The Morgan fingerprint density at radius 3 is 1.52 bits per heavy atom. The highest BCUT2D eigenvalue weighted by Crippen LogP contribution is 2.41. The maximum Gasteiger partial charge on any atom is 0.0349 e. The van der Waals surface area contributed by atoms with Crippen LogP contribution in [0.25, 0.3) is 10.1 Å². The maximum absolute atomic E-state index is 2.44. The van der Waals surface area contributed by atoms with Gasteiger partial charge in [-0.3, -0.25) is 0 Å². The number of fused-ring (bicyclic) bond motifs is 1. The molecule has 0 aliphatic carbocycles. The summed E-state index contributed by atoms with van der Waals surface area (Å²) in [6.07, 6.45) is 0. The Hall–Kier alpha value is -0.820. The quantitative estimate of drug-likeness (QED) is 0.502. The summed E-state index contributed by atoms with van der Waals surface area (Å²) >= 11 is 1.95. The average molecular weight is 303 g/mol. The predicted octanol–water partition coefficient (Wildman–Crippen LogP) is 6.79. The second-order valence-electron chi connectivity index (χ2n) is 9.30. The SMILES string of the molecule is CC(C)(C)c1cc2cc(C(C)(C)C)c(C(C)(C)C)cc2s1. The van der Waals surface area contributed by atoms with Crippen molar-refractivity contribution in [3.8, 4) is 0 Å². The monoisotopic (exact) mass is 302 g/mol. The van der Waals surface area contributed by atoms with Crippen LogP contribution in [0.4, 0.5) is 0 Å². The summed E-state index contributed by atoms with van der Waals surface area (Å²) in [5.41, 5.74) is 3.57. The van der Waals surface area contributed by atoms with Gasteiger partial charge < -0.3 is 0 Å². The third-order valence-corrected chi connectivity index (χ3v) is 5.54. The van der Waals surface area contributed by atoms with Crippen LogP contribution in [0, 0.1) is 0 Å². The Kier molecular flexibility index (Phi) is 3.82. The standard InChI is InChI=1S/C20H30S/c1-18(2,3)14-10-13-11-17(20(7,8)9)21-16(13)12-15(14)19(4,5)6/h10-12H,1-9H3. The first-order valence-electron chi connectivity index (χ1n) is 7.89. The van der Waals surface area contributed by atoms with Crippen LogP contribution in [0.3, 0.4) is 0 Å². The third-order valence-electron chi connectivity index (χ3n) is 4.01. The molecule has 21 heavy (non-hydrogen) atoms. The Bertz CT molecular complexity index is 601. The molecule has 0 N–H and O–H groups in total. The van der Waals surface area contributed by atoms with E-state index in [4.69, 9.17) is 0 Å². The van der Waals surface area contributed by atoms with Crippen LogP contribution < -0.4 is 0 Å². The van der Waals surface area contributed by atoms with Crippen molar-refractivity contribution in [3.63, 3.8) is 0 Å². The van der Waals surface area contributed by atoms with Crippen LogP contribution >= 0.6 is 11.3 Å². The molecule has 0 fully saturated rings. The molecule has 0 unspecified atom stereocenters. The first-order valence-corrected chi connectivity index (χ1v) is 8.71. The van der Waals surface area contributed by atoms with Gasteiger partial charge in [-0.1, -0.05) is 62.3 Å². The number of thiophene rings is 1. The van der Waals surface area contributed by atoms with Crippen molar-refractivity contribution in [1.29, 1.82) is 0 Å². The smallest absolute Gasteiger partial charge is 0.0349 e. The van der Waals surface area contributed by atoms with E-state index in [2.05, 4.69) is 80.5 Å². The Morgan fingerprint density at radius 2 is 1.10 bits per heavy atom. The maximum atomic E-state index is 2.44. The molecule has 0 saturated carbocycles. The van der Waals surface area contributed by atoms with Gasteiger partial charge in [0.1, 0.15) is 0 Å². The molecule has 116 valence electrons. The Balaban J connectivity index is 2.77. The largest absolute Gasteiger partial charge is 0.140 e. The van der Waals surface area contributed by atoms with Crippen LogP contribution in [0.15, 0.2) is 18.2 Å². The second kappa shape index (κ2) is 4.84. The van der Waals surface area contributed by atoms with Crippen molar-refractivity contribution in [3.05, 3.63) is 34.2 Å². The average Bonchev–Trinajstić information content (AvgIpc) is 2.66.